The average molecular weight is 356 g/mol. The third kappa shape index (κ3) is 5.58. The minimum absolute atomic E-state index is 0.207. The van der Waals surface area contributed by atoms with Crippen LogP contribution in [-0.4, -0.2) is 17.5 Å². The summed E-state index contributed by atoms with van der Waals surface area (Å²) in [6.45, 7) is 9.47. The van der Waals surface area contributed by atoms with Gasteiger partial charge >= 0.3 is 11.9 Å². The van der Waals surface area contributed by atoms with Gasteiger partial charge in [0, 0.05) is 6.42 Å². The van der Waals surface area contributed by atoms with E-state index in [2.05, 4.69) is 0 Å². The van der Waals surface area contributed by atoms with Gasteiger partial charge in [-0.05, 0) is 62.6 Å². The maximum absolute atomic E-state index is 12.3. The molecule has 0 heterocycles. The molecule has 0 radical (unpaired) electrons. The summed E-state index contributed by atoms with van der Waals surface area (Å²) in [5.41, 5.74) is 0.401. The zero-order valence-electron chi connectivity index (χ0n) is 16.3. The van der Waals surface area contributed by atoms with Gasteiger partial charge in [-0.15, -0.1) is 0 Å². The van der Waals surface area contributed by atoms with Crippen molar-refractivity contribution < 1.29 is 19.1 Å². The van der Waals surface area contributed by atoms with Gasteiger partial charge in [0.1, 0.15) is 11.4 Å². The predicted octanol–water partition coefficient (Wildman–Crippen LogP) is 5.38. The van der Waals surface area contributed by atoms with Crippen LogP contribution in [0.25, 0.3) is 10.8 Å². The summed E-state index contributed by atoms with van der Waals surface area (Å²) in [7, 11) is 0. The lowest BCUT2D eigenvalue weighted by Gasteiger charge is -2.22. The number of esters is 2. The summed E-state index contributed by atoms with van der Waals surface area (Å²) in [6, 6.07) is 11.4. The van der Waals surface area contributed by atoms with E-state index in [0.29, 0.717) is 12.2 Å². The molecule has 0 saturated carbocycles. The summed E-state index contributed by atoms with van der Waals surface area (Å²) in [6.07, 6.45) is 2.23. The molecule has 0 N–H and O–H groups in total. The molecule has 2 aromatic rings. The number of benzene rings is 2. The number of ether oxygens (including phenoxy) is 2. The van der Waals surface area contributed by atoms with Crippen molar-refractivity contribution in [2.75, 3.05) is 0 Å². The molecule has 0 aromatic heterocycles. The Balaban J connectivity index is 2.15. The van der Waals surface area contributed by atoms with E-state index in [1.165, 1.54) is 0 Å². The van der Waals surface area contributed by atoms with E-state index in [1.54, 1.807) is 6.07 Å². The minimum Gasteiger partial charge on any atom is -0.460 e. The molecule has 4 heteroatoms. The van der Waals surface area contributed by atoms with Gasteiger partial charge in [-0.25, -0.2) is 0 Å². The largest absolute Gasteiger partial charge is 0.460 e. The molecule has 0 saturated heterocycles. The average Bonchev–Trinajstić information content (AvgIpc) is 2.57. The second-order valence-electron chi connectivity index (χ2n) is 7.60. The van der Waals surface area contributed by atoms with Crippen molar-refractivity contribution in [1.82, 2.24) is 0 Å². The van der Waals surface area contributed by atoms with Crippen LogP contribution in [0.3, 0.4) is 0 Å². The van der Waals surface area contributed by atoms with Crippen LogP contribution in [0.1, 0.15) is 65.4 Å². The van der Waals surface area contributed by atoms with Crippen molar-refractivity contribution >= 4 is 22.7 Å². The van der Waals surface area contributed by atoms with Gasteiger partial charge in [-0.1, -0.05) is 37.6 Å². The molecule has 0 fully saturated rings. The Bertz CT molecular complexity index is 786. The fourth-order valence-corrected chi connectivity index (χ4v) is 2.60. The molecular weight excluding hydrogens is 328 g/mol. The number of fused-ring (bicyclic) bond motifs is 1. The van der Waals surface area contributed by atoms with Crippen LogP contribution in [0, 0.1) is 0 Å². The van der Waals surface area contributed by atoms with Crippen molar-refractivity contribution in [2.24, 2.45) is 0 Å². The quantitative estimate of drug-likeness (QED) is 0.515. The lowest BCUT2D eigenvalue weighted by Crippen LogP contribution is -2.26. The monoisotopic (exact) mass is 356 g/mol. The molecule has 0 amide bonds. The van der Waals surface area contributed by atoms with Gasteiger partial charge in [-0.2, -0.15) is 0 Å². The topological polar surface area (TPSA) is 52.6 Å². The Morgan fingerprint density at radius 2 is 1.69 bits per heavy atom. The smallest absolute Gasteiger partial charge is 0.313 e. The highest BCUT2D eigenvalue weighted by Gasteiger charge is 2.23. The molecule has 0 aliphatic carbocycles. The number of hydrogen-bond acceptors (Lipinski definition) is 4. The first-order valence-electron chi connectivity index (χ1n) is 9.17. The van der Waals surface area contributed by atoms with Crippen molar-refractivity contribution in [2.45, 2.75) is 65.4 Å². The van der Waals surface area contributed by atoms with E-state index in [1.807, 2.05) is 65.0 Å². The van der Waals surface area contributed by atoms with Crippen molar-refractivity contribution in [3.63, 3.8) is 0 Å². The second-order valence-corrected chi connectivity index (χ2v) is 7.60. The Morgan fingerprint density at radius 1 is 1.04 bits per heavy atom. The van der Waals surface area contributed by atoms with Crippen LogP contribution in [0.2, 0.25) is 0 Å². The Hall–Kier alpha value is -2.36. The summed E-state index contributed by atoms with van der Waals surface area (Å²) < 4.78 is 10.8. The van der Waals surface area contributed by atoms with E-state index in [0.717, 1.165) is 29.2 Å². The highest BCUT2D eigenvalue weighted by Crippen LogP contribution is 2.27. The Kier molecular flexibility index (Phi) is 6.41. The van der Waals surface area contributed by atoms with Crippen LogP contribution in [0.5, 0.6) is 5.75 Å². The highest BCUT2D eigenvalue weighted by molar-refractivity contribution is 5.87. The molecule has 140 valence electrons. The first-order chi connectivity index (χ1) is 12.2. The molecule has 2 aromatic carbocycles. The third-order valence-corrected chi connectivity index (χ3v) is 4.06. The number of rotatable bonds is 6. The summed E-state index contributed by atoms with van der Waals surface area (Å²) in [5, 5.41) is 1.96. The zero-order valence-corrected chi connectivity index (χ0v) is 16.3. The Morgan fingerprint density at radius 3 is 2.35 bits per heavy atom. The number of hydrogen-bond donors (Lipinski definition) is 0. The van der Waals surface area contributed by atoms with Gasteiger partial charge in [-0.3, -0.25) is 9.59 Å². The highest BCUT2D eigenvalue weighted by atomic mass is 16.6. The van der Waals surface area contributed by atoms with Crippen molar-refractivity contribution in [3.8, 4) is 5.75 Å². The van der Waals surface area contributed by atoms with Gasteiger partial charge < -0.3 is 9.47 Å². The number of carbonyl (C=O) groups excluding carboxylic acids is 2. The molecule has 1 atom stereocenters. The number of unbranched alkanes of at least 4 members (excludes halogenated alkanes) is 1. The van der Waals surface area contributed by atoms with Gasteiger partial charge in [0.2, 0.25) is 0 Å². The van der Waals surface area contributed by atoms with E-state index in [4.69, 9.17) is 9.47 Å². The molecule has 0 aliphatic heterocycles. The van der Waals surface area contributed by atoms with Gasteiger partial charge in [0.25, 0.3) is 0 Å². The lowest BCUT2D eigenvalue weighted by molar-refractivity contribution is -0.156. The van der Waals surface area contributed by atoms with Crippen LogP contribution in [0.15, 0.2) is 36.4 Å². The van der Waals surface area contributed by atoms with E-state index in [-0.39, 0.29) is 17.9 Å². The van der Waals surface area contributed by atoms with Gasteiger partial charge in [0.15, 0.2) is 0 Å². The first-order valence-corrected chi connectivity index (χ1v) is 9.17. The molecule has 26 heavy (non-hydrogen) atoms. The molecule has 0 spiro atoms. The van der Waals surface area contributed by atoms with Crippen molar-refractivity contribution in [3.05, 3.63) is 42.0 Å². The fourth-order valence-electron chi connectivity index (χ4n) is 2.60. The van der Waals surface area contributed by atoms with Crippen LogP contribution < -0.4 is 4.74 Å². The molecule has 0 aliphatic rings. The maximum Gasteiger partial charge on any atom is 0.313 e. The van der Waals surface area contributed by atoms with Crippen LogP contribution in [0.4, 0.5) is 0 Å². The molecule has 4 nitrogen and oxygen atoms in total. The normalized spacial score (nSPS) is 12.7. The second kappa shape index (κ2) is 8.35. The summed E-state index contributed by atoms with van der Waals surface area (Å²) in [5.74, 6) is -0.239. The standard InChI is InChI=1S/C22H28O4/c1-6-7-8-20(23)25-19-12-11-17-13-16(9-10-18(17)14-19)15(2)21(24)26-22(3,4)5/h9-15H,6-8H2,1-5H3. The van der Waals surface area contributed by atoms with E-state index >= 15 is 0 Å². The predicted molar refractivity (Wildman–Crippen MR) is 103 cm³/mol. The summed E-state index contributed by atoms with van der Waals surface area (Å²) in [4.78, 5) is 24.0. The first kappa shape index (κ1) is 20.0. The lowest BCUT2D eigenvalue weighted by atomic mass is 9.97. The maximum atomic E-state index is 12.3. The SMILES string of the molecule is CCCCC(=O)Oc1ccc2cc(C(C)C(=O)OC(C)(C)C)ccc2c1. The van der Waals surface area contributed by atoms with Crippen molar-refractivity contribution in [1.29, 1.82) is 0 Å². The van der Waals surface area contributed by atoms with Gasteiger partial charge in [0.05, 0.1) is 5.92 Å². The number of carbonyl (C=O) groups is 2. The zero-order chi connectivity index (χ0) is 19.3. The fraction of sp³-hybridized carbons (Fsp3) is 0.455. The summed E-state index contributed by atoms with van der Waals surface area (Å²) >= 11 is 0. The van der Waals surface area contributed by atoms with Crippen LogP contribution >= 0.6 is 0 Å². The Labute approximate surface area is 155 Å². The van der Waals surface area contributed by atoms with E-state index < -0.39 is 5.60 Å². The molecule has 0 bridgehead atoms. The molecular formula is C22H28O4. The van der Waals surface area contributed by atoms with E-state index in [9.17, 15) is 9.59 Å². The molecule has 1 unspecified atom stereocenters. The molecule has 2 rings (SSSR count). The minimum atomic E-state index is -0.501. The van der Waals surface area contributed by atoms with Crippen LogP contribution in [-0.2, 0) is 14.3 Å². The third-order valence-electron chi connectivity index (χ3n) is 4.06.